The van der Waals surface area contributed by atoms with Crippen LogP contribution in [0.5, 0.6) is 17.5 Å². The second kappa shape index (κ2) is 9.22. The second-order valence-corrected chi connectivity index (χ2v) is 7.64. The second-order valence-electron chi connectivity index (χ2n) is 7.64. The summed E-state index contributed by atoms with van der Waals surface area (Å²) in [5.41, 5.74) is 2.63. The SMILES string of the molecule is COc1ccc(-c2ccc(OC[C@@H]3Cn4c(COC(C)C)cc(=O)nc4O3)cc2)cc1. The van der Waals surface area contributed by atoms with Crippen LogP contribution in [-0.4, -0.2) is 35.5 Å². The molecule has 2 heterocycles. The Bertz CT molecular complexity index is 1070. The van der Waals surface area contributed by atoms with E-state index < -0.39 is 0 Å². The number of benzene rings is 2. The first kappa shape index (κ1) is 20.9. The molecular formula is C24H26N2O5. The minimum Gasteiger partial charge on any atom is -0.497 e. The molecule has 0 saturated heterocycles. The van der Waals surface area contributed by atoms with Crippen LogP contribution in [-0.2, 0) is 17.9 Å². The predicted molar refractivity (Wildman–Crippen MR) is 117 cm³/mol. The molecule has 0 spiro atoms. The van der Waals surface area contributed by atoms with Gasteiger partial charge in [-0.05, 0) is 49.2 Å². The molecule has 0 fully saturated rings. The first-order valence-corrected chi connectivity index (χ1v) is 10.3. The molecule has 0 radical (unpaired) electrons. The van der Waals surface area contributed by atoms with Gasteiger partial charge in [-0.2, -0.15) is 4.98 Å². The van der Waals surface area contributed by atoms with E-state index in [1.807, 2.05) is 66.9 Å². The quantitative estimate of drug-likeness (QED) is 0.551. The van der Waals surface area contributed by atoms with Crippen molar-refractivity contribution in [3.63, 3.8) is 0 Å². The Kier molecular flexibility index (Phi) is 6.23. The number of ether oxygens (including phenoxy) is 4. The highest BCUT2D eigenvalue weighted by Gasteiger charge is 2.26. The van der Waals surface area contributed by atoms with E-state index in [4.69, 9.17) is 18.9 Å². The molecule has 0 amide bonds. The van der Waals surface area contributed by atoms with Crippen LogP contribution in [0.1, 0.15) is 19.5 Å². The molecular weight excluding hydrogens is 396 g/mol. The molecule has 3 aromatic rings. The summed E-state index contributed by atoms with van der Waals surface area (Å²) in [4.78, 5) is 15.8. The number of aromatic nitrogens is 2. The van der Waals surface area contributed by atoms with Crippen molar-refractivity contribution in [3.05, 3.63) is 70.6 Å². The zero-order valence-corrected chi connectivity index (χ0v) is 17.9. The lowest BCUT2D eigenvalue weighted by molar-refractivity contribution is 0.0613. The molecule has 0 N–H and O–H groups in total. The van der Waals surface area contributed by atoms with Crippen molar-refractivity contribution in [2.75, 3.05) is 13.7 Å². The van der Waals surface area contributed by atoms with Crippen LogP contribution in [0.4, 0.5) is 0 Å². The number of hydrogen-bond donors (Lipinski definition) is 0. The minimum atomic E-state index is -0.329. The highest BCUT2D eigenvalue weighted by Crippen LogP contribution is 2.25. The van der Waals surface area contributed by atoms with Gasteiger partial charge in [0.2, 0.25) is 0 Å². The summed E-state index contributed by atoms with van der Waals surface area (Å²) in [5, 5.41) is 0. The van der Waals surface area contributed by atoms with Gasteiger partial charge in [-0.1, -0.05) is 24.3 Å². The number of rotatable bonds is 8. The molecule has 31 heavy (non-hydrogen) atoms. The third kappa shape index (κ3) is 5.06. The zero-order chi connectivity index (χ0) is 21.8. The van der Waals surface area contributed by atoms with Gasteiger partial charge >= 0.3 is 6.01 Å². The summed E-state index contributed by atoms with van der Waals surface area (Å²) in [5.74, 6) is 1.58. The average Bonchev–Trinajstić information content (AvgIpc) is 3.19. The van der Waals surface area contributed by atoms with Crippen LogP contribution in [0.2, 0.25) is 0 Å². The van der Waals surface area contributed by atoms with Gasteiger partial charge in [-0.25, -0.2) is 0 Å². The number of hydrogen-bond acceptors (Lipinski definition) is 6. The van der Waals surface area contributed by atoms with Gasteiger partial charge in [-0.15, -0.1) is 0 Å². The first-order valence-electron chi connectivity index (χ1n) is 10.3. The van der Waals surface area contributed by atoms with Crippen molar-refractivity contribution in [1.82, 2.24) is 9.55 Å². The molecule has 7 nitrogen and oxygen atoms in total. The van der Waals surface area contributed by atoms with Gasteiger partial charge in [0.25, 0.3) is 5.56 Å². The molecule has 0 bridgehead atoms. The summed E-state index contributed by atoms with van der Waals surface area (Å²) in [7, 11) is 1.65. The Hall–Kier alpha value is -3.32. The minimum absolute atomic E-state index is 0.0712. The number of nitrogens with zero attached hydrogens (tertiary/aromatic N) is 2. The molecule has 7 heteroatoms. The molecule has 162 valence electrons. The van der Waals surface area contributed by atoms with Gasteiger partial charge in [0.05, 0.1) is 32.1 Å². The zero-order valence-electron chi connectivity index (χ0n) is 17.9. The van der Waals surface area contributed by atoms with E-state index in [0.29, 0.717) is 25.8 Å². The van der Waals surface area contributed by atoms with E-state index in [-0.39, 0.29) is 17.8 Å². The lowest BCUT2D eigenvalue weighted by Gasteiger charge is -2.12. The summed E-state index contributed by atoms with van der Waals surface area (Å²) < 4.78 is 24.5. The number of methoxy groups -OCH3 is 1. The highest BCUT2D eigenvalue weighted by molar-refractivity contribution is 5.64. The van der Waals surface area contributed by atoms with Crippen LogP contribution in [0.25, 0.3) is 11.1 Å². The largest absolute Gasteiger partial charge is 0.497 e. The molecule has 0 saturated carbocycles. The van der Waals surface area contributed by atoms with E-state index >= 15 is 0 Å². The fourth-order valence-electron chi connectivity index (χ4n) is 3.38. The Morgan fingerprint density at radius 3 is 2.32 bits per heavy atom. The summed E-state index contributed by atoms with van der Waals surface area (Å²) >= 11 is 0. The molecule has 2 aromatic carbocycles. The summed E-state index contributed by atoms with van der Waals surface area (Å²) in [6.45, 7) is 5.16. The van der Waals surface area contributed by atoms with Crippen molar-refractivity contribution < 1.29 is 18.9 Å². The van der Waals surface area contributed by atoms with Gasteiger partial charge in [0.1, 0.15) is 18.1 Å². The van der Waals surface area contributed by atoms with Crippen LogP contribution >= 0.6 is 0 Å². The number of fused-ring (bicyclic) bond motifs is 1. The average molecular weight is 422 g/mol. The van der Waals surface area contributed by atoms with E-state index in [0.717, 1.165) is 28.3 Å². The van der Waals surface area contributed by atoms with Gasteiger partial charge in [0.15, 0.2) is 6.10 Å². The monoisotopic (exact) mass is 422 g/mol. The molecule has 4 rings (SSSR count). The third-order valence-electron chi connectivity index (χ3n) is 5.01. The van der Waals surface area contributed by atoms with Crippen molar-refractivity contribution in [2.24, 2.45) is 0 Å². The highest BCUT2D eigenvalue weighted by atomic mass is 16.6. The Morgan fingerprint density at radius 1 is 1.06 bits per heavy atom. The summed E-state index contributed by atoms with van der Waals surface area (Å²) in [6, 6.07) is 17.6. The van der Waals surface area contributed by atoms with Crippen LogP contribution < -0.4 is 19.8 Å². The van der Waals surface area contributed by atoms with Gasteiger partial charge in [-0.3, -0.25) is 9.36 Å². The van der Waals surface area contributed by atoms with Crippen molar-refractivity contribution in [3.8, 4) is 28.6 Å². The van der Waals surface area contributed by atoms with E-state index in [1.165, 1.54) is 6.07 Å². The Balaban J connectivity index is 1.37. The molecule has 1 aliphatic heterocycles. The molecule has 0 unspecified atom stereocenters. The van der Waals surface area contributed by atoms with E-state index in [9.17, 15) is 4.79 Å². The van der Waals surface area contributed by atoms with Crippen molar-refractivity contribution >= 4 is 0 Å². The van der Waals surface area contributed by atoms with Crippen LogP contribution in [0.3, 0.4) is 0 Å². The van der Waals surface area contributed by atoms with Crippen molar-refractivity contribution in [1.29, 1.82) is 0 Å². The lowest BCUT2D eigenvalue weighted by Crippen LogP contribution is -2.23. The summed E-state index contributed by atoms with van der Waals surface area (Å²) in [6.07, 6.45) is -0.157. The van der Waals surface area contributed by atoms with Gasteiger partial charge in [0, 0.05) is 6.07 Å². The molecule has 1 aliphatic rings. The maximum Gasteiger partial charge on any atom is 0.300 e. The standard InChI is InChI=1S/C24H26N2O5/c1-16(2)29-14-19-12-23(27)25-24-26(19)13-22(31-24)15-30-21-10-6-18(7-11-21)17-4-8-20(28-3)9-5-17/h4-12,16,22H,13-15H2,1-3H3/t22-/m0/s1. The van der Waals surface area contributed by atoms with E-state index in [2.05, 4.69) is 4.98 Å². The molecule has 1 aromatic heterocycles. The lowest BCUT2D eigenvalue weighted by atomic mass is 10.1. The smallest absolute Gasteiger partial charge is 0.300 e. The fourth-order valence-corrected chi connectivity index (χ4v) is 3.38. The maximum absolute atomic E-state index is 11.9. The van der Waals surface area contributed by atoms with E-state index in [1.54, 1.807) is 7.11 Å². The van der Waals surface area contributed by atoms with Crippen LogP contribution in [0, 0.1) is 0 Å². The van der Waals surface area contributed by atoms with Gasteiger partial charge < -0.3 is 18.9 Å². The first-order chi connectivity index (χ1) is 15.0. The Morgan fingerprint density at radius 2 is 1.71 bits per heavy atom. The Labute approximate surface area is 181 Å². The van der Waals surface area contributed by atoms with Crippen LogP contribution in [0.15, 0.2) is 59.4 Å². The normalized spacial score (nSPS) is 14.9. The molecule has 1 atom stereocenters. The third-order valence-corrected chi connectivity index (χ3v) is 5.01. The topological polar surface area (TPSA) is 71.8 Å². The molecule has 0 aliphatic carbocycles. The fraction of sp³-hybridized carbons (Fsp3) is 0.333. The predicted octanol–water partition coefficient (Wildman–Crippen LogP) is 3.68. The maximum atomic E-state index is 11.9. The van der Waals surface area contributed by atoms with Crippen molar-refractivity contribution in [2.45, 2.75) is 39.2 Å².